The van der Waals surface area contributed by atoms with Crippen molar-refractivity contribution < 1.29 is 18.9 Å². The Balaban J connectivity index is 1.90. The first-order valence-electron chi connectivity index (χ1n) is 9.10. The maximum atomic E-state index is 6.50. The number of ether oxygens (including phenoxy) is 4. The molecular formula is C22H28O4. The van der Waals surface area contributed by atoms with Crippen molar-refractivity contribution in [1.29, 1.82) is 0 Å². The van der Waals surface area contributed by atoms with Crippen LogP contribution in [0.3, 0.4) is 0 Å². The predicted molar refractivity (Wildman–Crippen MR) is 102 cm³/mol. The van der Waals surface area contributed by atoms with Crippen LogP contribution in [0.1, 0.15) is 53.7 Å². The van der Waals surface area contributed by atoms with E-state index in [0.717, 1.165) is 24.8 Å². The van der Waals surface area contributed by atoms with E-state index in [4.69, 9.17) is 18.9 Å². The van der Waals surface area contributed by atoms with Crippen molar-refractivity contribution in [2.75, 3.05) is 21.3 Å². The fourth-order valence-electron chi connectivity index (χ4n) is 3.77. The molecule has 0 aliphatic carbocycles. The van der Waals surface area contributed by atoms with Gasteiger partial charge in [0.05, 0.1) is 33.5 Å². The molecule has 4 nitrogen and oxygen atoms in total. The summed E-state index contributed by atoms with van der Waals surface area (Å²) in [4.78, 5) is 0. The minimum Gasteiger partial charge on any atom is -0.493 e. The van der Waals surface area contributed by atoms with Crippen molar-refractivity contribution in [3.63, 3.8) is 0 Å². The van der Waals surface area contributed by atoms with Crippen molar-refractivity contribution in [3.05, 3.63) is 52.6 Å². The van der Waals surface area contributed by atoms with E-state index in [-0.39, 0.29) is 12.2 Å². The first-order valence-corrected chi connectivity index (χ1v) is 9.10. The lowest BCUT2D eigenvalue weighted by Crippen LogP contribution is -2.17. The van der Waals surface area contributed by atoms with Crippen LogP contribution in [0.5, 0.6) is 17.2 Å². The van der Waals surface area contributed by atoms with Gasteiger partial charge in [0.25, 0.3) is 0 Å². The molecule has 4 heteroatoms. The van der Waals surface area contributed by atoms with Gasteiger partial charge < -0.3 is 18.9 Å². The largest absolute Gasteiger partial charge is 0.493 e. The van der Waals surface area contributed by atoms with Gasteiger partial charge in [-0.3, -0.25) is 0 Å². The SMILES string of the molecule is COc1cc(C2CCCC(c3ccc(C)cc3C)O2)cc(OC)c1OC. The van der Waals surface area contributed by atoms with Gasteiger partial charge in [-0.1, -0.05) is 23.8 Å². The summed E-state index contributed by atoms with van der Waals surface area (Å²) in [5.41, 5.74) is 4.92. The van der Waals surface area contributed by atoms with Crippen LogP contribution in [0, 0.1) is 13.8 Å². The van der Waals surface area contributed by atoms with E-state index in [9.17, 15) is 0 Å². The van der Waals surface area contributed by atoms with Crippen molar-refractivity contribution in [2.24, 2.45) is 0 Å². The summed E-state index contributed by atoms with van der Waals surface area (Å²) in [6, 6.07) is 10.6. The van der Waals surface area contributed by atoms with Crippen LogP contribution >= 0.6 is 0 Å². The summed E-state index contributed by atoms with van der Waals surface area (Å²) in [6.45, 7) is 4.28. The van der Waals surface area contributed by atoms with E-state index < -0.39 is 0 Å². The van der Waals surface area contributed by atoms with Gasteiger partial charge in [0, 0.05) is 0 Å². The van der Waals surface area contributed by atoms with E-state index in [1.807, 2.05) is 12.1 Å². The second-order valence-corrected chi connectivity index (χ2v) is 6.86. The Morgan fingerprint density at radius 1 is 0.846 bits per heavy atom. The third-order valence-electron chi connectivity index (χ3n) is 5.09. The molecular weight excluding hydrogens is 328 g/mol. The number of hydrogen-bond acceptors (Lipinski definition) is 4. The van der Waals surface area contributed by atoms with E-state index in [1.165, 1.54) is 16.7 Å². The van der Waals surface area contributed by atoms with Gasteiger partial charge in [-0.05, 0) is 61.9 Å². The summed E-state index contributed by atoms with van der Waals surface area (Å²) in [5.74, 6) is 1.94. The first kappa shape index (κ1) is 18.6. The van der Waals surface area contributed by atoms with Gasteiger partial charge in [-0.25, -0.2) is 0 Å². The minimum absolute atomic E-state index is 0.0168. The number of benzene rings is 2. The van der Waals surface area contributed by atoms with Gasteiger partial charge in [0.2, 0.25) is 5.75 Å². The average molecular weight is 356 g/mol. The molecule has 1 aliphatic heterocycles. The summed E-state index contributed by atoms with van der Waals surface area (Å²) < 4.78 is 22.9. The summed E-state index contributed by atoms with van der Waals surface area (Å²) in [6.07, 6.45) is 3.29. The first-order chi connectivity index (χ1) is 12.6. The molecule has 1 aliphatic rings. The fraction of sp³-hybridized carbons (Fsp3) is 0.455. The quantitative estimate of drug-likeness (QED) is 0.727. The molecule has 1 heterocycles. The van der Waals surface area contributed by atoms with Crippen LogP contribution < -0.4 is 14.2 Å². The zero-order valence-corrected chi connectivity index (χ0v) is 16.3. The van der Waals surface area contributed by atoms with Crippen LogP contribution in [0.2, 0.25) is 0 Å². The Hall–Kier alpha value is -2.20. The molecule has 2 aromatic carbocycles. The maximum absolute atomic E-state index is 6.50. The van der Waals surface area contributed by atoms with Crippen molar-refractivity contribution in [1.82, 2.24) is 0 Å². The summed E-state index contributed by atoms with van der Waals surface area (Å²) in [5, 5.41) is 0. The lowest BCUT2D eigenvalue weighted by atomic mass is 9.92. The molecule has 26 heavy (non-hydrogen) atoms. The van der Waals surface area contributed by atoms with Gasteiger partial charge in [0.1, 0.15) is 0 Å². The van der Waals surface area contributed by atoms with Crippen molar-refractivity contribution >= 4 is 0 Å². The normalized spacial score (nSPS) is 19.9. The molecule has 0 radical (unpaired) electrons. The minimum atomic E-state index is 0.0168. The molecule has 0 N–H and O–H groups in total. The molecule has 2 atom stereocenters. The van der Waals surface area contributed by atoms with Crippen LogP contribution in [-0.2, 0) is 4.74 Å². The van der Waals surface area contributed by atoms with Crippen LogP contribution in [0.25, 0.3) is 0 Å². The van der Waals surface area contributed by atoms with E-state index in [0.29, 0.717) is 17.2 Å². The maximum Gasteiger partial charge on any atom is 0.203 e. The summed E-state index contributed by atoms with van der Waals surface area (Å²) >= 11 is 0. The van der Waals surface area contributed by atoms with Crippen LogP contribution in [0.4, 0.5) is 0 Å². The molecule has 0 aromatic heterocycles. The molecule has 1 saturated heterocycles. The average Bonchev–Trinajstić information content (AvgIpc) is 2.66. The molecule has 140 valence electrons. The zero-order valence-electron chi connectivity index (χ0n) is 16.3. The third-order valence-corrected chi connectivity index (χ3v) is 5.09. The Labute approximate surface area is 156 Å². The monoisotopic (exact) mass is 356 g/mol. The van der Waals surface area contributed by atoms with Gasteiger partial charge >= 0.3 is 0 Å². The lowest BCUT2D eigenvalue weighted by Gasteiger charge is -2.32. The van der Waals surface area contributed by atoms with E-state index in [2.05, 4.69) is 32.0 Å². The molecule has 1 fully saturated rings. The van der Waals surface area contributed by atoms with E-state index in [1.54, 1.807) is 21.3 Å². The highest BCUT2D eigenvalue weighted by Crippen LogP contribution is 2.45. The number of aryl methyl sites for hydroxylation is 2. The highest BCUT2D eigenvalue weighted by Gasteiger charge is 2.27. The number of hydrogen-bond donors (Lipinski definition) is 0. The topological polar surface area (TPSA) is 36.9 Å². The molecule has 2 unspecified atom stereocenters. The van der Waals surface area contributed by atoms with Crippen LogP contribution in [-0.4, -0.2) is 21.3 Å². The Morgan fingerprint density at radius 2 is 1.50 bits per heavy atom. The smallest absolute Gasteiger partial charge is 0.203 e. The standard InChI is InChI=1S/C22H28O4/c1-14-9-10-17(15(2)11-14)19-8-6-7-18(26-19)16-12-20(23-3)22(25-5)21(13-16)24-4/h9-13,18-19H,6-8H2,1-5H3. The van der Waals surface area contributed by atoms with Crippen molar-refractivity contribution in [3.8, 4) is 17.2 Å². The second-order valence-electron chi connectivity index (χ2n) is 6.86. The third kappa shape index (κ3) is 3.65. The number of methoxy groups -OCH3 is 3. The van der Waals surface area contributed by atoms with Gasteiger partial charge in [0.15, 0.2) is 11.5 Å². The van der Waals surface area contributed by atoms with Gasteiger partial charge in [-0.2, -0.15) is 0 Å². The molecule has 0 amide bonds. The summed E-state index contributed by atoms with van der Waals surface area (Å²) in [7, 11) is 4.90. The Morgan fingerprint density at radius 3 is 2.08 bits per heavy atom. The molecule has 3 rings (SSSR count). The van der Waals surface area contributed by atoms with Crippen LogP contribution in [0.15, 0.2) is 30.3 Å². The second kappa shape index (κ2) is 8.00. The van der Waals surface area contributed by atoms with E-state index >= 15 is 0 Å². The van der Waals surface area contributed by atoms with Crippen molar-refractivity contribution in [2.45, 2.75) is 45.3 Å². The highest BCUT2D eigenvalue weighted by atomic mass is 16.5. The van der Waals surface area contributed by atoms with Gasteiger partial charge in [-0.15, -0.1) is 0 Å². The Kier molecular flexibility index (Phi) is 5.72. The molecule has 0 saturated carbocycles. The fourth-order valence-corrected chi connectivity index (χ4v) is 3.77. The Bertz CT molecular complexity index is 744. The number of rotatable bonds is 5. The predicted octanol–water partition coefficient (Wildman–Crippen LogP) is 5.31. The highest BCUT2D eigenvalue weighted by molar-refractivity contribution is 5.54. The molecule has 2 aromatic rings. The molecule has 0 bridgehead atoms. The molecule has 0 spiro atoms. The zero-order chi connectivity index (χ0) is 18.7. The lowest BCUT2D eigenvalue weighted by molar-refractivity contribution is -0.0539.